The highest BCUT2D eigenvalue weighted by molar-refractivity contribution is 7.16. The van der Waals surface area contributed by atoms with Gasteiger partial charge in [0.25, 0.3) is 0 Å². The van der Waals surface area contributed by atoms with Crippen LogP contribution in [0.15, 0.2) is 24.3 Å². The third-order valence-electron chi connectivity index (χ3n) is 6.39. The van der Waals surface area contributed by atoms with Crippen LogP contribution in [0.4, 0.5) is 25.6 Å². The summed E-state index contributed by atoms with van der Waals surface area (Å²) < 4.78 is 20.7. The molecule has 1 aromatic heterocycles. The zero-order chi connectivity index (χ0) is 26.0. The molecule has 2 fully saturated rings. The number of piperidine rings is 1. The number of ether oxygens (including phenoxy) is 1. The van der Waals surface area contributed by atoms with Crippen LogP contribution in [0.2, 0.25) is 0 Å². The fourth-order valence-corrected chi connectivity index (χ4v) is 5.46. The highest BCUT2D eigenvalue weighted by Gasteiger charge is 2.37. The summed E-state index contributed by atoms with van der Waals surface area (Å²) in [6, 6.07) is 7.42. The first-order valence-corrected chi connectivity index (χ1v) is 12.2. The largest absolute Gasteiger partial charge is 0.442 e. The van der Waals surface area contributed by atoms with E-state index in [0.717, 1.165) is 11.3 Å². The van der Waals surface area contributed by atoms with Crippen LogP contribution in [0.5, 0.6) is 0 Å². The van der Waals surface area contributed by atoms with Crippen LogP contribution in [-0.4, -0.2) is 55.8 Å². The van der Waals surface area contributed by atoms with E-state index in [1.807, 2.05) is 13.1 Å². The lowest BCUT2D eigenvalue weighted by Crippen LogP contribution is -2.43. The Morgan fingerprint density at radius 2 is 2.19 bits per heavy atom. The minimum Gasteiger partial charge on any atom is -0.442 e. The molecular weight excluding hydrogens is 491 g/mol. The Morgan fingerprint density at radius 3 is 2.83 bits per heavy atom. The highest BCUT2D eigenvalue weighted by atomic mass is 32.1. The van der Waals surface area contributed by atoms with Crippen LogP contribution in [-0.2, 0) is 9.53 Å². The molecule has 3 heterocycles. The second kappa shape index (κ2) is 10.5. The Kier molecular flexibility index (Phi) is 7.37. The van der Waals surface area contributed by atoms with Crippen molar-refractivity contribution in [2.75, 3.05) is 36.5 Å². The summed E-state index contributed by atoms with van der Waals surface area (Å²) >= 11 is 0.812. The molecule has 3 atom stereocenters. The van der Waals surface area contributed by atoms with Gasteiger partial charge in [-0.1, -0.05) is 11.3 Å². The molecule has 2 saturated heterocycles. The zero-order valence-corrected chi connectivity index (χ0v) is 20.5. The van der Waals surface area contributed by atoms with Crippen molar-refractivity contribution in [1.82, 2.24) is 10.6 Å². The van der Waals surface area contributed by atoms with E-state index in [1.165, 1.54) is 24.0 Å². The molecule has 1 aromatic carbocycles. The fraction of sp³-hybridized carbons (Fsp3) is 0.435. The lowest BCUT2D eigenvalue weighted by molar-refractivity contribution is -0.381. The molecule has 2 amide bonds. The first-order valence-electron chi connectivity index (χ1n) is 11.4. The van der Waals surface area contributed by atoms with Gasteiger partial charge in [0, 0.05) is 19.5 Å². The number of carbonyl (C=O) groups excluding carboxylic acids is 2. The summed E-state index contributed by atoms with van der Waals surface area (Å²) in [7, 11) is 1.81. The maximum Gasteiger partial charge on any atom is 0.414 e. The van der Waals surface area contributed by atoms with Gasteiger partial charge in [0.05, 0.1) is 41.0 Å². The molecule has 0 spiro atoms. The number of amides is 2. The number of cyclic esters (lactones) is 1. The Bertz CT molecular complexity index is 1230. The number of carbonyl (C=O) groups is 2. The number of hydrogen-bond donors (Lipinski definition) is 2. The van der Waals surface area contributed by atoms with Crippen molar-refractivity contribution in [2.45, 2.75) is 38.0 Å². The van der Waals surface area contributed by atoms with E-state index in [4.69, 9.17) is 4.74 Å². The van der Waals surface area contributed by atoms with Crippen molar-refractivity contribution in [3.05, 3.63) is 50.6 Å². The van der Waals surface area contributed by atoms with Crippen molar-refractivity contribution in [3.63, 3.8) is 0 Å². The predicted octanol–water partition coefficient (Wildman–Crippen LogP) is 3.06. The number of anilines is 2. The topological polar surface area (TPSA) is 141 Å². The Balaban J connectivity index is 1.62. The summed E-state index contributed by atoms with van der Waals surface area (Å²) in [5, 5.41) is 26.7. The second-order valence-corrected chi connectivity index (χ2v) is 9.68. The number of rotatable bonds is 7. The third kappa shape index (κ3) is 5.09. The van der Waals surface area contributed by atoms with Crippen LogP contribution < -0.4 is 20.4 Å². The number of nitrogens with zero attached hydrogens (tertiary/aromatic N) is 4. The average molecular weight is 517 g/mol. The van der Waals surface area contributed by atoms with Gasteiger partial charge in [0.1, 0.15) is 22.9 Å². The Hall–Kier alpha value is -3.76. The molecule has 2 aromatic rings. The first-order chi connectivity index (χ1) is 17.2. The number of nitriles is 1. The van der Waals surface area contributed by atoms with Gasteiger partial charge in [-0.2, -0.15) is 5.26 Å². The van der Waals surface area contributed by atoms with E-state index >= 15 is 4.39 Å². The first kappa shape index (κ1) is 25.3. The molecule has 0 saturated carbocycles. The van der Waals surface area contributed by atoms with Crippen LogP contribution in [0, 0.1) is 27.3 Å². The third-order valence-corrected chi connectivity index (χ3v) is 7.40. The number of nitrogens with one attached hydrogen (secondary N) is 2. The summed E-state index contributed by atoms with van der Waals surface area (Å²) in [6.07, 6.45) is -0.00471. The van der Waals surface area contributed by atoms with Crippen molar-refractivity contribution in [3.8, 4) is 6.07 Å². The fourth-order valence-electron chi connectivity index (χ4n) is 4.64. The maximum atomic E-state index is 15.5. The van der Waals surface area contributed by atoms with E-state index < -0.39 is 29.0 Å². The average Bonchev–Trinajstić information content (AvgIpc) is 3.46. The lowest BCUT2D eigenvalue weighted by Gasteiger charge is -2.40. The molecule has 11 nitrogen and oxygen atoms in total. The molecule has 0 aliphatic carbocycles. The van der Waals surface area contributed by atoms with Crippen molar-refractivity contribution in [1.29, 1.82) is 5.26 Å². The van der Waals surface area contributed by atoms with Gasteiger partial charge in [-0.05, 0) is 44.2 Å². The van der Waals surface area contributed by atoms with Crippen LogP contribution in [0.3, 0.4) is 0 Å². The van der Waals surface area contributed by atoms with E-state index in [-0.39, 0.29) is 40.6 Å². The van der Waals surface area contributed by atoms with Crippen LogP contribution in [0.25, 0.3) is 0 Å². The standard InChI is InChI=1S/C23H25FN6O5S/c1-13(31)27-11-16-12-29(23(32)35-16)15-3-4-20(19(24)8-15)28-6-5-14(26-2)7-21(28)18-9-17(10-25)36-22(18)30(33)34/h3-4,8-9,14,16,21,26H,5-7,11-12H2,1-2H3,(H,27,31)/t14?,16-,21?/m0/s1. The summed E-state index contributed by atoms with van der Waals surface area (Å²) in [5.74, 6) is -0.832. The van der Waals surface area contributed by atoms with Gasteiger partial charge in [0.15, 0.2) is 0 Å². The quantitative estimate of drug-likeness (QED) is 0.423. The minimum atomic E-state index is -0.636. The predicted molar refractivity (Wildman–Crippen MR) is 131 cm³/mol. The molecule has 0 radical (unpaired) electrons. The number of thiophene rings is 1. The van der Waals surface area contributed by atoms with E-state index in [0.29, 0.717) is 30.6 Å². The maximum absolute atomic E-state index is 15.5. The molecule has 190 valence electrons. The summed E-state index contributed by atoms with van der Waals surface area (Å²) in [6.45, 7) is 2.11. The van der Waals surface area contributed by atoms with E-state index in [9.17, 15) is 25.0 Å². The Morgan fingerprint density at radius 1 is 1.42 bits per heavy atom. The zero-order valence-electron chi connectivity index (χ0n) is 19.7. The van der Waals surface area contributed by atoms with Gasteiger partial charge in [-0.3, -0.25) is 19.8 Å². The van der Waals surface area contributed by atoms with Crippen molar-refractivity contribution < 1.29 is 23.6 Å². The molecule has 36 heavy (non-hydrogen) atoms. The SMILES string of the molecule is CNC1CCN(c2ccc(N3C[C@H](CNC(C)=O)OC3=O)cc2F)C(c2cc(C#N)sc2[N+](=O)[O-])C1. The molecule has 2 aliphatic rings. The number of nitro groups is 1. The molecule has 13 heteroatoms. The molecule has 0 bridgehead atoms. The van der Waals surface area contributed by atoms with Crippen molar-refractivity contribution in [2.24, 2.45) is 0 Å². The monoisotopic (exact) mass is 516 g/mol. The molecule has 2 N–H and O–H groups in total. The van der Waals surface area contributed by atoms with Gasteiger partial charge >= 0.3 is 11.1 Å². The number of benzene rings is 1. The minimum absolute atomic E-state index is 0.0681. The van der Waals surface area contributed by atoms with E-state index in [1.54, 1.807) is 17.0 Å². The van der Waals surface area contributed by atoms with Gasteiger partial charge < -0.3 is 20.3 Å². The summed E-state index contributed by atoms with van der Waals surface area (Å²) in [5.41, 5.74) is 0.940. The lowest BCUT2D eigenvalue weighted by atomic mass is 9.92. The van der Waals surface area contributed by atoms with Crippen LogP contribution in [0.1, 0.15) is 36.2 Å². The highest BCUT2D eigenvalue weighted by Crippen LogP contribution is 2.43. The smallest absolute Gasteiger partial charge is 0.414 e. The Labute approximate surface area is 210 Å². The van der Waals surface area contributed by atoms with E-state index in [2.05, 4.69) is 10.6 Å². The number of halogens is 1. The molecular formula is C23H25FN6O5S. The van der Waals surface area contributed by atoms with Gasteiger partial charge in [0.2, 0.25) is 5.91 Å². The van der Waals surface area contributed by atoms with Gasteiger partial charge in [-0.15, -0.1) is 0 Å². The molecule has 2 aliphatic heterocycles. The number of hydrogen-bond acceptors (Lipinski definition) is 9. The normalized spacial score (nSPS) is 21.7. The van der Waals surface area contributed by atoms with Gasteiger partial charge in [-0.25, -0.2) is 9.18 Å². The molecule has 4 rings (SSSR count). The molecule has 2 unspecified atom stereocenters. The van der Waals surface area contributed by atoms with Crippen molar-refractivity contribution >= 4 is 39.7 Å². The second-order valence-electron chi connectivity index (χ2n) is 8.65. The van der Waals surface area contributed by atoms with Crippen LogP contribution >= 0.6 is 11.3 Å². The summed E-state index contributed by atoms with van der Waals surface area (Å²) in [4.78, 5) is 38.0.